The molecule has 5 heteroatoms. The van der Waals surface area contributed by atoms with Crippen LogP contribution in [0.5, 0.6) is 5.75 Å². The van der Waals surface area contributed by atoms with E-state index in [-0.39, 0.29) is 12.3 Å². The topological polar surface area (TPSA) is 55.8 Å². The maximum absolute atomic E-state index is 12.1. The first-order chi connectivity index (χ1) is 11.6. The molecule has 0 unspecified atom stereocenters. The van der Waals surface area contributed by atoms with E-state index in [0.717, 1.165) is 21.2 Å². The van der Waals surface area contributed by atoms with Gasteiger partial charge in [-0.1, -0.05) is 36.4 Å². The van der Waals surface area contributed by atoms with E-state index in [9.17, 15) is 9.90 Å². The van der Waals surface area contributed by atoms with Crippen molar-refractivity contribution < 1.29 is 19.4 Å². The van der Waals surface area contributed by atoms with Crippen LogP contribution in [0.3, 0.4) is 0 Å². The van der Waals surface area contributed by atoms with Crippen molar-refractivity contribution in [2.24, 2.45) is 0 Å². The van der Waals surface area contributed by atoms with Gasteiger partial charge in [-0.2, -0.15) is 0 Å². The molecule has 3 aromatic rings. The van der Waals surface area contributed by atoms with Crippen LogP contribution >= 0.6 is 11.3 Å². The molecule has 24 heavy (non-hydrogen) atoms. The van der Waals surface area contributed by atoms with Gasteiger partial charge in [-0.05, 0) is 28.3 Å². The first-order valence-corrected chi connectivity index (χ1v) is 8.55. The van der Waals surface area contributed by atoms with Crippen molar-refractivity contribution in [1.82, 2.24) is 0 Å². The number of aliphatic hydroxyl groups is 1. The third-order valence-electron chi connectivity index (χ3n) is 4.43. The van der Waals surface area contributed by atoms with Gasteiger partial charge in [0.15, 0.2) is 0 Å². The third-order valence-corrected chi connectivity index (χ3v) is 5.42. The van der Waals surface area contributed by atoms with Gasteiger partial charge in [-0.15, -0.1) is 11.3 Å². The molecule has 0 bridgehead atoms. The Labute approximate surface area is 143 Å². The number of fused-ring (bicyclic) bond motifs is 3. The molecule has 1 aliphatic heterocycles. The summed E-state index contributed by atoms with van der Waals surface area (Å²) in [7, 11) is 1.25. The van der Waals surface area contributed by atoms with Gasteiger partial charge in [0.25, 0.3) is 0 Å². The molecule has 1 aromatic heterocycles. The van der Waals surface area contributed by atoms with Crippen molar-refractivity contribution in [2.75, 3.05) is 7.11 Å². The van der Waals surface area contributed by atoms with Crippen LogP contribution < -0.4 is 4.74 Å². The Morgan fingerprint density at radius 1 is 1.25 bits per heavy atom. The van der Waals surface area contributed by atoms with Gasteiger partial charge >= 0.3 is 11.8 Å². The number of carbonyl (C=O) groups excluding carboxylic acids is 1. The average molecular weight is 340 g/mol. The highest BCUT2D eigenvalue weighted by Gasteiger charge is 2.48. The van der Waals surface area contributed by atoms with Crippen molar-refractivity contribution in [3.8, 4) is 5.75 Å². The molecule has 0 spiro atoms. The van der Waals surface area contributed by atoms with Gasteiger partial charge < -0.3 is 14.6 Å². The second kappa shape index (κ2) is 5.61. The summed E-state index contributed by atoms with van der Waals surface area (Å²) in [6, 6.07) is 15.8. The summed E-state index contributed by atoms with van der Waals surface area (Å²) in [6.07, 6.45) is 0.126. The molecule has 4 rings (SSSR count). The quantitative estimate of drug-likeness (QED) is 0.723. The van der Waals surface area contributed by atoms with E-state index in [0.29, 0.717) is 5.75 Å². The molecule has 0 aliphatic carbocycles. The van der Waals surface area contributed by atoms with Gasteiger partial charge in [0, 0.05) is 22.8 Å². The maximum Gasteiger partial charge on any atom is 0.379 e. The Kier molecular flexibility index (Phi) is 3.55. The highest BCUT2D eigenvalue weighted by atomic mass is 32.1. The van der Waals surface area contributed by atoms with Crippen molar-refractivity contribution in [1.29, 1.82) is 0 Å². The lowest BCUT2D eigenvalue weighted by Crippen LogP contribution is -2.49. The number of thiophene rings is 1. The van der Waals surface area contributed by atoms with Gasteiger partial charge in [0.2, 0.25) is 0 Å². The fraction of sp³-hybridized carbons (Fsp3) is 0.211. The van der Waals surface area contributed by atoms with Gasteiger partial charge in [-0.25, -0.2) is 4.79 Å². The number of ether oxygens (including phenoxy) is 2. The number of methoxy groups -OCH3 is 1. The Morgan fingerprint density at radius 2 is 2.08 bits per heavy atom. The van der Waals surface area contributed by atoms with Crippen LogP contribution in [0.15, 0.2) is 53.9 Å². The van der Waals surface area contributed by atoms with Crippen LogP contribution in [0.25, 0.3) is 10.8 Å². The molecule has 1 aliphatic rings. The molecular weight excluding hydrogens is 324 g/mol. The van der Waals surface area contributed by atoms with E-state index in [1.165, 1.54) is 7.11 Å². The predicted octanol–water partition coefficient (Wildman–Crippen LogP) is 3.68. The lowest BCUT2D eigenvalue weighted by atomic mass is 9.84. The van der Waals surface area contributed by atoms with Crippen LogP contribution in [0.1, 0.15) is 22.8 Å². The van der Waals surface area contributed by atoms with Crippen molar-refractivity contribution in [3.63, 3.8) is 0 Å². The first kappa shape index (κ1) is 15.2. The van der Waals surface area contributed by atoms with E-state index in [1.807, 2.05) is 53.9 Å². The molecule has 1 N–H and O–H groups in total. The summed E-state index contributed by atoms with van der Waals surface area (Å²) in [4.78, 5) is 13.2. The van der Waals surface area contributed by atoms with Gasteiger partial charge in [0.05, 0.1) is 7.11 Å². The van der Waals surface area contributed by atoms with E-state index < -0.39 is 11.8 Å². The van der Waals surface area contributed by atoms with Crippen LogP contribution in [0.4, 0.5) is 0 Å². The van der Waals surface area contributed by atoms with Crippen LogP contribution in [-0.4, -0.2) is 24.0 Å². The summed E-state index contributed by atoms with van der Waals surface area (Å²) in [5.74, 6) is -2.36. The van der Waals surface area contributed by atoms with E-state index >= 15 is 0 Å². The summed E-state index contributed by atoms with van der Waals surface area (Å²) in [5.41, 5.74) is 1.00. The van der Waals surface area contributed by atoms with Gasteiger partial charge in [0.1, 0.15) is 5.75 Å². The molecule has 0 fully saturated rings. The smallest absolute Gasteiger partial charge is 0.379 e. The van der Waals surface area contributed by atoms with Crippen molar-refractivity contribution in [2.45, 2.75) is 18.1 Å². The summed E-state index contributed by atoms with van der Waals surface area (Å²) in [6.45, 7) is 0. The molecule has 2 atom stereocenters. The van der Waals surface area contributed by atoms with Crippen molar-refractivity contribution >= 4 is 28.1 Å². The normalized spacial score (nSPS) is 22.7. The van der Waals surface area contributed by atoms with Crippen LogP contribution in [-0.2, 0) is 9.53 Å². The average Bonchev–Trinajstić information content (AvgIpc) is 3.14. The maximum atomic E-state index is 12.1. The number of hydrogen-bond acceptors (Lipinski definition) is 5. The zero-order valence-corrected chi connectivity index (χ0v) is 13.9. The Morgan fingerprint density at radius 3 is 2.83 bits per heavy atom. The molecule has 0 amide bonds. The fourth-order valence-corrected chi connectivity index (χ4v) is 4.18. The minimum atomic E-state index is -1.97. The molecule has 122 valence electrons. The second-order valence-electron chi connectivity index (χ2n) is 5.85. The number of esters is 1. The summed E-state index contributed by atoms with van der Waals surface area (Å²) >= 11 is 1.60. The predicted molar refractivity (Wildman–Crippen MR) is 92.3 cm³/mol. The van der Waals surface area contributed by atoms with Crippen molar-refractivity contribution in [3.05, 3.63) is 64.4 Å². The van der Waals surface area contributed by atoms with E-state index in [4.69, 9.17) is 9.47 Å². The number of rotatable bonds is 2. The van der Waals surface area contributed by atoms with Gasteiger partial charge in [-0.3, -0.25) is 0 Å². The Balaban J connectivity index is 1.95. The van der Waals surface area contributed by atoms with E-state index in [1.54, 1.807) is 11.3 Å². The zero-order valence-electron chi connectivity index (χ0n) is 13.1. The van der Waals surface area contributed by atoms with Crippen LogP contribution in [0, 0.1) is 0 Å². The Hall–Kier alpha value is -2.37. The third kappa shape index (κ3) is 2.28. The highest BCUT2D eigenvalue weighted by molar-refractivity contribution is 7.10. The summed E-state index contributed by atoms with van der Waals surface area (Å²) < 4.78 is 10.4. The first-order valence-electron chi connectivity index (χ1n) is 7.67. The number of benzene rings is 2. The molecule has 0 saturated carbocycles. The second-order valence-corrected chi connectivity index (χ2v) is 6.83. The molecule has 0 radical (unpaired) electrons. The molecule has 2 heterocycles. The van der Waals surface area contributed by atoms with Crippen LogP contribution in [0.2, 0.25) is 0 Å². The molecule has 2 aromatic carbocycles. The Bertz CT molecular complexity index is 903. The minimum absolute atomic E-state index is 0.126. The lowest BCUT2D eigenvalue weighted by molar-refractivity contribution is -0.202. The highest BCUT2D eigenvalue weighted by Crippen LogP contribution is 2.48. The SMILES string of the molecule is COC(=O)[C@@]1(O)C[C@@H](c2cccs2)c2c(ccc3ccccc23)O1. The zero-order chi connectivity index (χ0) is 16.7. The molecule has 0 saturated heterocycles. The monoisotopic (exact) mass is 340 g/mol. The lowest BCUT2D eigenvalue weighted by Gasteiger charge is -2.36. The largest absolute Gasteiger partial charge is 0.464 e. The summed E-state index contributed by atoms with van der Waals surface area (Å²) in [5, 5.41) is 14.9. The fourth-order valence-electron chi connectivity index (χ4n) is 3.34. The minimum Gasteiger partial charge on any atom is -0.464 e. The standard InChI is InChI=1S/C19H16O4S/c1-22-18(20)19(21)11-14(16-7-4-10-24-16)17-13-6-3-2-5-12(13)8-9-15(17)23-19/h2-10,14,21H,11H2,1H3/t14-,19+/m0/s1. The van der Waals surface area contributed by atoms with E-state index in [2.05, 4.69) is 0 Å². The molecule has 4 nitrogen and oxygen atoms in total. The molecular formula is C19H16O4S. The number of carbonyl (C=O) groups is 1. The number of hydrogen-bond donors (Lipinski definition) is 1.